The van der Waals surface area contributed by atoms with Crippen LogP contribution in [0.3, 0.4) is 0 Å². The first-order chi connectivity index (χ1) is 12.6. The van der Waals surface area contributed by atoms with Gasteiger partial charge in [0.2, 0.25) is 0 Å². The van der Waals surface area contributed by atoms with Gasteiger partial charge >= 0.3 is 0 Å². The van der Waals surface area contributed by atoms with E-state index in [4.69, 9.17) is 0 Å². The van der Waals surface area contributed by atoms with Crippen LogP contribution in [0.4, 0.5) is 14.5 Å². The molecule has 2 aromatic rings. The molecular weight excluding hydrogens is 465 g/mol. The Hall–Kier alpha value is -1.91. The van der Waals surface area contributed by atoms with Gasteiger partial charge in [0, 0.05) is 38.9 Å². The second-order valence-corrected chi connectivity index (χ2v) is 6.29. The van der Waals surface area contributed by atoms with E-state index in [1.165, 1.54) is 18.2 Å². The van der Waals surface area contributed by atoms with E-state index in [0.29, 0.717) is 25.6 Å². The number of anilines is 1. The highest BCUT2D eigenvalue weighted by Crippen LogP contribution is 2.26. The number of nitrogens with one attached hydrogen (secondary N) is 2. The van der Waals surface area contributed by atoms with Gasteiger partial charge in [-0.3, -0.25) is 4.68 Å². The molecule has 1 unspecified atom stereocenters. The number of benzene rings is 1. The molecule has 1 atom stereocenters. The fourth-order valence-corrected chi connectivity index (χ4v) is 3.10. The minimum absolute atomic E-state index is 0. The van der Waals surface area contributed by atoms with Crippen molar-refractivity contribution >= 4 is 35.6 Å². The fourth-order valence-electron chi connectivity index (χ4n) is 3.10. The van der Waals surface area contributed by atoms with Crippen LogP contribution in [0.1, 0.15) is 19.0 Å². The Labute approximate surface area is 175 Å². The van der Waals surface area contributed by atoms with Crippen LogP contribution >= 0.6 is 24.0 Å². The fraction of sp³-hybridized carbons (Fsp3) is 0.444. The summed E-state index contributed by atoms with van der Waals surface area (Å²) in [5.74, 6) is -0.362. The topological polar surface area (TPSA) is 57.5 Å². The van der Waals surface area contributed by atoms with Gasteiger partial charge in [-0.25, -0.2) is 13.8 Å². The van der Waals surface area contributed by atoms with Gasteiger partial charge < -0.3 is 15.5 Å². The summed E-state index contributed by atoms with van der Waals surface area (Å²) in [4.78, 5) is 6.32. The van der Waals surface area contributed by atoms with Gasteiger partial charge in [0.15, 0.2) is 5.96 Å². The first-order valence-electron chi connectivity index (χ1n) is 8.79. The van der Waals surface area contributed by atoms with Crippen molar-refractivity contribution in [1.82, 2.24) is 20.4 Å². The number of halogens is 3. The molecule has 0 aliphatic carbocycles. The number of rotatable bonds is 5. The predicted octanol–water partition coefficient (Wildman–Crippen LogP) is 2.65. The van der Waals surface area contributed by atoms with Crippen molar-refractivity contribution in [2.75, 3.05) is 24.5 Å². The number of aromatic nitrogens is 2. The third kappa shape index (κ3) is 5.30. The predicted molar refractivity (Wildman–Crippen MR) is 114 cm³/mol. The van der Waals surface area contributed by atoms with E-state index in [1.54, 1.807) is 15.8 Å². The molecule has 0 amide bonds. The molecule has 1 fully saturated rings. The number of hydrogen-bond donors (Lipinski definition) is 2. The lowest BCUT2D eigenvalue weighted by molar-refractivity contribution is 0.576. The summed E-state index contributed by atoms with van der Waals surface area (Å²) in [7, 11) is 1.88. The molecule has 1 saturated heterocycles. The highest BCUT2D eigenvalue weighted by atomic mass is 127. The lowest BCUT2D eigenvalue weighted by Crippen LogP contribution is -2.44. The normalized spacial score (nSPS) is 17.0. The van der Waals surface area contributed by atoms with Crippen LogP contribution in [0, 0.1) is 11.6 Å². The van der Waals surface area contributed by atoms with Crippen LogP contribution in [-0.4, -0.2) is 41.4 Å². The quantitative estimate of drug-likeness (QED) is 0.385. The summed E-state index contributed by atoms with van der Waals surface area (Å²) in [6, 6.07) is 5.95. The van der Waals surface area contributed by atoms with E-state index < -0.39 is 11.6 Å². The Morgan fingerprint density at radius 1 is 1.30 bits per heavy atom. The number of aliphatic imine (C=N–C) groups is 1. The molecular formula is C18H25F2IN6. The van der Waals surface area contributed by atoms with Crippen LogP contribution in [0.5, 0.6) is 0 Å². The van der Waals surface area contributed by atoms with Gasteiger partial charge in [0.1, 0.15) is 17.3 Å². The summed E-state index contributed by atoms with van der Waals surface area (Å²) < 4.78 is 29.7. The molecule has 6 nitrogen and oxygen atoms in total. The molecule has 0 radical (unpaired) electrons. The summed E-state index contributed by atoms with van der Waals surface area (Å²) in [5.41, 5.74) is 1.05. The van der Waals surface area contributed by atoms with Crippen molar-refractivity contribution in [2.24, 2.45) is 12.0 Å². The van der Waals surface area contributed by atoms with Gasteiger partial charge in [-0.05, 0) is 31.5 Å². The third-order valence-electron chi connectivity index (χ3n) is 4.45. The molecule has 9 heteroatoms. The van der Waals surface area contributed by atoms with Crippen molar-refractivity contribution in [3.63, 3.8) is 0 Å². The Morgan fingerprint density at radius 2 is 2.04 bits per heavy atom. The van der Waals surface area contributed by atoms with Crippen molar-refractivity contribution in [3.05, 3.63) is 47.8 Å². The Bertz CT molecular complexity index is 759. The maximum atomic E-state index is 14.0. The first-order valence-corrected chi connectivity index (χ1v) is 8.79. The minimum atomic E-state index is -0.526. The maximum Gasteiger partial charge on any atom is 0.191 e. The van der Waals surface area contributed by atoms with E-state index in [-0.39, 0.29) is 35.7 Å². The Kier molecular flexibility index (Phi) is 7.81. The number of para-hydroxylation sites is 1. The molecule has 0 spiro atoms. The van der Waals surface area contributed by atoms with Gasteiger partial charge in [-0.1, -0.05) is 6.07 Å². The molecule has 1 aromatic heterocycles. The van der Waals surface area contributed by atoms with E-state index in [1.807, 2.05) is 20.0 Å². The van der Waals surface area contributed by atoms with Gasteiger partial charge in [0.25, 0.3) is 0 Å². The van der Waals surface area contributed by atoms with Crippen LogP contribution in [0.25, 0.3) is 0 Å². The monoisotopic (exact) mass is 490 g/mol. The van der Waals surface area contributed by atoms with Gasteiger partial charge in [0.05, 0.1) is 12.2 Å². The molecule has 1 aliphatic heterocycles. The van der Waals surface area contributed by atoms with Gasteiger partial charge in [-0.15, -0.1) is 24.0 Å². The highest BCUT2D eigenvalue weighted by Gasteiger charge is 2.27. The minimum Gasteiger partial charge on any atom is -0.365 e. The van der Waals surface area contributed by atoms with Crippen LogP contribution in [0.15, 0.2) is 35.5 Å². The Morgan fingerprint density at radius 3 is 2.67 bits per heavy atom. The molecule has 27 heavy (non-hydrogen) atoms. The molecule has 2 N–H and O–H groups in total. The molecule has 148 valence electrons. The number of nitrogens with zero attached hydrogens (tertiary/aromatic N) is 4. The maximum absolute atomic E-state index is 14.0. The number of aryl methyl sites for hydroxylation is 1. The third-order valence-corrected chi connectivity index (χ3v) is 4.45. The first kappa shape index (κ1) is 21.4. The zero-order valence-electron chi connectivity index (χ0n) is 15.5. The lowest BCUT2D eigenvalue weighted by atomic mass is 10.2. The van der Waals surface area contributed by atoms with E-state index in [9.17, 15) is 8.78 Å². The zero-order chi connectivity index (χ0) is 18.5. The molecule has 3 rings (SSSR count). The standard InChI is InChI=1S/C18H24F2N6.HI/c1-3-21-18(22-11-14-7-9-23-25(14)2)24-13-8-10-26(12-13)17-15(19)5-4-6-16(17)20;/h4-7,9,13H,3,8,10-12H2,1-2H3,(H2,21,22,24);1H. The SMILES string of the molecule is CCNC(=NCc1ccnn1C)NC1CCN(c2c(F)cccc2F)C1.I. The zero-order valence-corrected chi connectivity index (χ0v) is 17.8. The van der Waals surface area contributed by atoms with E-state index >= 15 is 0 Å². The molecule has 0 saturated carbocycles. The summed E-state index contributed by atoms with van der Waals surface area (Å²) in [6.45, 7) is 4.35. The van der Waals surface area contributed by atoms with Crippen molar-refractivity contribution in [1.29, 1.82) is 0 Å². The van der Waals surface area contributed by atoms with E-state index in [2.05, 4.69) is 20.7 Å². The van der Waals surface area contributed by atoms with Crippen molar-refractivity contribution < 1.29 is 8.78 Å². The largest absolute Gasteiger partial charge is 0.365 e. The van der Waals surface area contributed by atoms with Crippen LogP contribution in [-0.2, 0) is 13.6 Å². The number of hydrogen-bond acceptors (Lipinski definition) is 3. The average Bonchev–Trinajstić information content (AvgIpc) is 3.22. The van der Waals surface area contributed by atoms with Crippen molar-refractivity contribution in [2.45, 2.75) is 25.9 Å². The van der Waals surface area contributed by atoms with Gasteiger partial charge in [-0.2, -0.15) is 5.10 Å². The van der Waals surface area contributed by atoms with Crippen LogP contribution in [0.2, 0.25) is 0 Å². The highest BCUT2D eigenvalue weighted by molar-refractivity contribution is 14.0. The average molecular weight is 490 g/mol. The Balaban J connectivity index is 0.00000261. The molecule has 1 aliphatic rings. The second kappa shape index (κ2) is 9.86. The molecule has 1 aromatic carbocycles. The smallest absolute Gasteiger partial charge is 0.191 e. The number of guanidine groups is 1. The summed E-state index contributed by atoms with van der Waals surface area (Å²) >= 11 is 0. The molecule has 2 heterocycles. The summed E-state index contributed by atoms with van der Waals surface area (Å²) in [5, 5.41) is 10.7. The molecule has 0 bridgehead atoms. The van der Waals surface area contributed by atoms with Crippen LogP contribution < -0.4 is 15.5 Å². The lowest BCUT2D eigenvalue weighted by Gasteiger charge is -2.21. The van der Waals surface area contributed by atoms with Crippen molar-refractivity contribution in [3.8, 4) is 0 Å². The van der Waals surface area contributed by atoms with E-state index in [0.717, 1.165) is 18.7 Å². The summed E-state index contributed by atoms with van der Waals surface area (Å²) in [6.07, 6.45) is 2.52. The second-order valence-electron chi connectivity index (χ2n) is 6.29.